The summed E-state index contributed by atoms with van der Waals surface area (Å²) in [5, 5.41) is 12.1. The van der Waals surface area contributed by atoms with Gasteiger partial charge in [0, 0.05) is 19.1 Å². The van der Waals surface area contributed by atoms with Gasteiger partial charge in [-0.25, -0.2) is 0 Å². The fourth-order valence-electron chi connectivity index (χ4n) is 2.23. The van der Waals surface area contributed by atoms with Crippen molar-refractivity contribution in [2.24, 2.45) is 5.73 Å². The smallest absolute Gasteiger partial charge is 0.278 e. The largest absolute Gasteiger partial charge is 0.354 e. The topological polar surface area (TPSA) is 94.0 Å². The molecule has 2 N–H and O–H groups in total. The van der Waals surface area contributed by atoms with Crippen LogP contribution in [0.4, 0.5) is 5.82 Å². The molecule has 0 saturated carbocycles. The Bertz CT molecular complexity index is 552. The van der Waals surface area contributed by atoms with E-state index in [4.69, 9.17) is 10.3 Å². The predicted octanol–water partition coefficient (Wildman–Crippen LogP) is 0.763. The number of aryl methyl sites for hydroxylation is 1. The Balaban J connectivity index is 1.78. The van der Waals surface area contributed by atoms with Crippen LogP contribution in [-0.4, -0.2) is 39.5 Å². The van der Waals surface area contributed by atoms with E-state index < -0.39 is 0 Å². The van der Waals surface area contributed by atoms with E-state index in [0.29, 0.717) is 17.4 Å². The Kier molecular flexibility index (Phi) is 3.12. The van der Waals surface area contributed by atoms with Crippen molar-refractivity contribution in [1.29, 1.82) is 0 Å². The summed E-state index contributed by atoms with van der Waals surface area (Å²) >= 11 is 0. The Morgan fingerprint density at radius 2 is 2.26 bits per heavy atom. The zero-order valence-electron chi connectivity index (χ0n) is 10.8. The molecule has 2 aromatic rings. The Morgan fingerprint density at radius 1 is 1.37 bits per heavy atom. The lowest BCUT2D eigenvalue weighted by atomic mass is 10.1. The van der Waals surface area contributed by atoms with Crippen molar-refractivity contribution in [2.45, 2.75) is 25.8 Å². The molecule has 0 spiro atoms. The van der Waals surface area contributed by atoms with Gasteiger partial charge >= 0.3 is 0 Å². The second-order valence-electron chi connectivity index (χ2n) is 4.77. The quantitative estimate of drug-likeness (QED) is 0.851. The maximum Gasteiger partial charge on any atom is 0.278 e. The summed E-state index contributed by atoms with van der Waals surface area (Å²) in [6.45, 7) is 3.57. The first-order valence-corrected chi connectivity index (χ1v) is 6.37. The van der Waals surface area contributed by atoms with Gasteiger partial charge in [-0.05, 0) is 31.9 Å². The third-order valence-corrected chi connectivity index (χ3v) is 3.18. The summed E-state index contributed by atoms with van der Waals surface area (Å²) in [6.07, 6.45) is 2.16. The monoisotopic (exact) mass is 260 g/mol. The molecule has 3 heterocycles. The first-order valence-electron chi connectivity index (χ1n) is 6.37. The van der Waals surface area contributed by atoms with Crippen LogP contribution in [0.1, 0.15) is 18.7 Å². The van der Waals surface area contributed by atoms with Crippen molar-refractivity contribution in [3.8, 4) is 11.6 Å². The van der Waals surface area contributed by atoms with Gasteiger partial charge in [-0.3, -0.25) is 0 Å². The molecule has 0 amide bonds. The van der Waals surface area contributed by atoms with Crippen LogP contribution in [0.25, 0.3) is 11.6 Å². The van der Waals surface area contributed by atoms with Gasteiger partial charge in [-0.15, -0.1) is 10.2 Å². The molecule has 1 unspecified atom stereocenters. The maximum absolute atomic E-state index is 5.96. The zero-order chi connectivity index (χ0) is 13.2. The fourth-order valence-corrected chi connectivity index (χ4v) is 2.23. The second-order valence-corrected chi connectivity index (χ2v) is 4.77. The lowest BCUT2D eigenvalue weighted by molar-refractivity contribution is 0.424. The molecule has 7 heteroatoms. The van der Waals surface area contributed by atoms with Crippen LogP contribution in [0.5, 0.6) is 0 Å². The van der Waals surface area contributed by atoms with E-state index >= 15 is 0 Å². The molecule has 0 aliphatic carbocycles. The van der Waals surface area contributed by atoms with Gasteiger partial charge in [-0.1, -0.05) is 5.16 Å². The Hall–Kier alpha value is -2.02. The van der Waals surface area contributed by atoms with Crippen LogP contribution in [-0.2, 0) is 0 Å². The maximum atomic E-state index is 5.96. The number of hydrogen-bond acceptors (Lipinski definition) is 7. The van der Waals surface area contributed by atoms with E-state index in [2.05, 4.69) is 25.2 Å². The van der Waals surface area contributed by atoms with E-state index in [0.717, 1.165) is 31.7 Å². The second kappa shape index (κ2) is 4.93. The van der Waals surface area contributed by atoms with E-state index in [1.54, 1.807) is 6.92 Å². The standard InChI is InChI=1S/C12H16N6O/c1-8-14-12(19-17-8)10-4-5-11(16-15-10)18-6-2-3-9(13)7-18/h4-5,9H,2-3,6-7,13H2,1H3. The van der Waals surface area contributed by atoms with Crippen LogP contribution >= 0.6 is 0 Å². The fraction of sp³-hybridized carbons (Fsp3) is 0.500. The summed E-state index contributed by atoms with van der Waals surface area (Å²) in [6, 6.07) is 3.98. The van der Waals surface area contributed by atoms with E-state index in [9.17, 15) is 0 Å². The molecule has 7 nitrogen and oxygen atoms in total. The highest BCUT2D eigenvalue weighted by Crippen LogP contribution is 2.19. The molecule has 1 saturated heterocycles. The van der Waals surface area contributed by atoms with Crippen molar-refractivity contribution < 1.29 is 4.52 Å². The molecule has 2 aromatic heterocycles. The highest BCUT2D eigenvalue weighted by atomic mass is 16.5. The van der Waals surface area contributed by atoms with Crippen molar-refractivity contribution in [3.63, 3.8) is 0 Å². The normalized spacial score (nSPS) is 19.7. The van der Waals surface area contributed by atoms with Crippen LogP contribution < -0.4 is 10.6 Å². The highest BCUT2D eigenvalue weighted by molar-refractivity contribution is 5.49. The van der Waals surface area contributed by atoms with Crippen LogP contribution in [0.15, 0.2) is 16.7 Å². The predicted molar refractivity (Wildman–Crippen MR) is 69.5 cm³/mol. The highest BCUT2D eigenvalue weighted by Gasteiger charge is 2.18. The van der Waals surface area contributed by atoms with Crippen molar-refractivity contribution in [3.05, 3.63) is 18.0 Å². The lowest BCUT2D eigenvalue weighted by Crippen LogP contribution is -2.43. The molecule has 1 aliphatic heterocycles. The minimum Gasteiger partial charge on any atom is -0.354 e. The first kappa shape index (κ1) is 12.0. The number of aromatic nitrogens is 4. The number of piperidine rings is 1. The summed E-state index contributed by atoms with van der Waals surface area (Å²) < 4.78 is 5.06. The summed E-state index contributed by atoms with van der Waals surface area (Å²) in [4.78, 5) is 6.28. The molecule has 19 heavy (non-hydrogen) atoms. The number of nitrogens with zero attached hydrogens (tertiary/aromatic N) is 5. The van der Waals surface area contributed by atoms with Gasteiger partial charge in [-0.2, -0.15) is 4.98 Å². The van der Waals surface area contributed by atoms with Gasteiger partial charge in [0.25, 0.3) is 5.89 Å². The molecule has 1 fully saturated rings. The molecule has 0 radical (unpaired) electrons. The van der Waals surface area contributed by atoms with Crippen LogP contribution in [0.3, 0.4) is 0 Å². The third-order valence-electron chi connectivity index (χ3n) is 3.18. The SMILES string of the molecule is Cc1noc(-c2ccc(N3CCCC(N)C3)nn2)n1. The minimum atomic E-state index is 0.216. The van der Waals surface area contributed by atoms with E-state index in [-0.39, 0.29) is 6.04 Å². The summed E-state index contributed by atoms with van der Waals surface area (Å²) in [5.41, 5.74) is 6.55. The Morgan fingerprint density at radius 3 is 2.89 bits per heavy atom. The average Bonchev–Trinajstić information content (AvgIpc) is 2.86. The molecule has 0 bridgehead atoms. The van der Waals surface area contributed by atoms with Gasteiger partial charge < -0.3 is 15.2 Å². The van der Waals surface area contributed by atoms with Crippen LogP contribution in [0, 0.1) is 6.92 Å². The molecule has 3 rings (SSSR count). The first-order chi connectivity index (χ1) is 9.22. The lowest BCUT2D eigenvalue weighted by Gasteiger charge is -2.31. The molecular weight excluding hydrogens is 244 g/mol. The molecular formula is C12H16N6O. The van der Waals surface area contributed by atoms with E-state index in [1.807, 2.05) is 12.1 Å². The van der Waals surface area contributed by atoms with Gasteiger partial charge in [0.1, 0.15) is 0 Å². The van der Waals surface area contributed by atoms with Crippen molar-refractivity contribution >= 4 is 5.82 Å². The molecule has 1 aliphatic rings. The average molecular weight is 260 g/mol. The van der Waals surface area contributed by atoms with Crippen molar-refractivity contribution in [1.82, 2.24) is 20.3 Å². The van der Waals surface area contributed by atoms with Gasteiger partial charge in [0.2, 0.25) is 0 Å². The summed E-state index contributed by atoms with van der Waals surface area (Å²) in [7, 11) is 0. The number of nitrogens with two attached hydrogens (primary N) is 1. The number of anilines is 1. The number of rotatable bonds is 2. The molecule has 100 valence electrons. The molecule has 0 aromatic carbocycles. The minimum absolute atomic E-state index is 0.216. The summed E-state index contributed by atoms with van der Waals surface area (Å²) in [5.74, 6) is 1.82. The van der Waals surface area contributed by atoms with Crippen molar-refractivity contribution in [2.75, 3.05) is 18.0 Å². The van der Waals surface area contributed by atoms with E-state index in [1.165, 1.54) is 0 Å². The van der Waals surface area contributed by atoms with Gasteiger partial charge in [0.05, 0.1) is 0 Å². The zero-order valence-corrected chi connectivity index (χ0v) is 10.8. The third kappa shape index (κ3) is 2.55. The number of hydrogen-bond donors (Lipinski definition) is 1. The molecule has 1 atom stereocenters. The van der Waals surface area contributed by atoms with Gasteiger partial charge in [0.15, 0.2) is 17.3 Å². The Labute approximate surface area is 110 Å². The van der Waals surface area contributed by atoms with Crippen LogP contribution in [0.2, 0.25) is 0 Å².